The number of carbonyl (C=O) groups is 1. The number of H-pyrrole nitrogens is 1. The molecule has 3 rings (SSSR count). The average molecular weight is 337 g/mol. The first kappa shape index (κ1) is 16.3. The summed E-state index contributed by atoms with van der Waals surface area (Å²) in [6.07, 6.45) is 1.36. The van der Waals surface area contributed by atoms with Gasteiger partial charge >= 0.3 is 0 Å². The molecular weight excluding hydrogens is 322 g/mol. The highest BCUT2D eigenvalue weighted by atomic mass is 16.6. The van der Waals surface area contributed by atoms with Crippen molar-refractivity contribution in [3.63, 3.8) is 0 Å². The molecule has 0 fully saturated rings. The number of hydrogen-bond donors (Lipinski definition) is 2. The molecule has 2 aromatic carbocycles. The summed E-state index contributed by atoms with van der Waals surface area (Å²) in [7, 11) is 0. The normalized spacial score (nSPS) is 11.7. The molecule has 8 nitrogen and oxygen atoms in total. The summed E-state index contributed by atoms with van der Waals surface area (Å²) in [5.41, 5.74) is 0.870. The summed E-state index contributed by atoms with van der Waals surface area (Å²) >= 11 is 0. The third-order valence-electron chi connectivity index (χ3n) is 3.71. The zero-order valence-corrected chi connectivity index (χ0v) is 13.3. The minimum atomic E-state index is -0.517. The first-order chi connectivity index (χ1) is 12.1. The molecule has 1 atom stereocenters. The van der Waals surface area contributed by atoms with E-state index in [1.165, 1.54) is 18.5 Å². The van der Waals surface area contributed by atoms with Crippen molar-refractivity contribution in [2.45, 2.75) is 13.0 Å². The summed E-state index contributed by atoms with van der Waals surface area (Å²) in [6.45, 7) is 1.80. The molecule has 0 amide bonds. The molecule has 126 valence electrons. The van der Waals surface area contributed by atoms with Crippen molar-refractivity contribution >= 4 is 17.2 Å². The van der Waals surface area contributed by atoms with E-state index < -0.39 is 4.92 Å². The van der Waals surface area contributed by atoms with Crippen LogP contribution in [0.3, 0.4) is 0 Å². The molecule has 1 aromatic heterocycles. The number of benzene rings is 2. The number of rotatable bonds is 6. The lowest BCUT2D eigenvalue weighted by Crippen LogP contribution is -2.11. The molecular formula is C17H15N5O3. The molecule has 25 heavy (non-hydrogen) atoms. The highest BCUT2D eigenvalue weighted by Gasteiger charge is 2.20. The van der Waals surface area contributed by atoms with Crippen molar-refractivity contribution in [1.82, 2.24) is 15.2 Å². The Hall–Kier alpha value is -3.55. The number of aromatic amines is 1. The van der Waals surface area contributed by atoms with E-state index in [0.29, 0.717) is 17.1 Å². The van der Waals surface area contributed by atoms with Gasteiger partial charge < -0.3 is 5.32 Å². The third kappa shape index (κ3) is 3.52. The van der Waals surface area contributed by atoms with E-state index in [1.807, 2.05) is 0 Å². The van der Waals surface area contributed by atoms with Crippen molar-refractivity contribution in [2.75, 3.05) is 5.32 Å². The van der Waals surface area contributed by atoms with Crippen LogP contribution in [0.4, 0.5) is 11.4 Å². The summed E-state index contributed by atoms with van der Waals surface area (Å²) in [6, 6.07) is 12.7. The Bertz CT molecular complexity index is 894. The van der Waals surface area contributed by atoms with Crippen LogP contribution in [0.1, 0.15) is 34.7 Å². The van der Waals surface area contributed by atoms with Gasteiger partial charge in [-0.3, -0.25) is 20.0 Å². The van der Waals surface area contributed by atoms with E-state index in [1.54, 1.807) is 43.3 Å². The second kappa shape index (κ2) is 6.91. The Morgan fingerprint density at radius 3 is 2.60 bits per heavy atom. The van der Waals surface area contributed by atoms with Gasteiger partial charge in [0.2, 0.25) is 0 Å². The molecule has 2 N–H and O–H groups in total. The van der Waals surface area contributed by atoms with Gasteiger partial charge in [-0.2, -0.15) is 5.10 Å². The maximum Gasteiger partial charge on any atom is 0.293 e. The molecule has 0 spiro atoms. The molecule has 0 saturated heterocycles. The van der Waals surface area contributed by atoms with Gasteiger partial charge in [0.05, 0.1) is 11.0 Å². The van der Waals surface area contributed by atoms with Crippen molar-refractivity contribution in [2.24, 2.45) is 0 Å². The lowest BCUT2D eigenvalue weighted by molar-refractivity contribution is -0.384. The predicted molar refractivity (Wildman–Crippen MR) is 91.4 cm³/mol. The zero-order chi connectivity index (χ0) is 17.8. The van der Waals surface area contributed by atoms with Crippen LogP contribution in [0.5, 0.6) is 0 Å². The summed E-state index contributed by atoms with van der Waals surface area (Å²) < 4.78 is 0. The fourth-order valence-electron chi connectivity index (χ4n) is 2.43. The smallest absolute Gasteiger partial charge is 0.293 e. The number of carbonyl (C=O) groups excluding carboxylic acids is 1. The zero-order valence-electron chi connectivity index (χ0n) is 13.3. The molecule has 0 aliphatic carbocycles. The molecule has 3 aromatic rings. The Morgan fingerprint density at radius 2 is 1.96 bits per heavy atom. The quantitative estimate of drug-likeness (QED) is 0.406. The Labute approximate surface area is 143 Å². The van der Waals surface area contributed by atoms with Gasteiger partial charge in [-0.25, -0.2) is 4.98 Å². The van der Waals surface area contributed by atoms with Crippen LogP contribution in [-0.2, 0) is 0 Å². The van der Waals surface area contributed by atoms with Gasteiger partial charge in [0.1, 0.15) is 17.8 Å². The van der Waals surface area contributed by atoms with Crippen LogP contribution in [-0.4, -0.2) is 25.9 Å². The van der Waals surface area contributed by atoms with E-state index in [2.05, 4.69) is 20.5 Å². The standard InChI is InChI=1S/C17H15N5O3/c1-11(17-18-10-19-21-17)20-14-8-7-13(9-15(14)22(24)25)16(23)12-5-3-2-4-6-12/h2-11,20H,1H3,(H,18,19,21). The van der Waals surface area contributed by atoms with Crippen LogP contribution in [0.25, 0.3) is 0 Å². The lowest BCUT2D eigenvalue weighted by atomic mass is 10.0. The van der Waals surface area contributed by atoms with E-state index in [0.717, 1.165) is 0 Å². The van der Waals surface area contributed by atoms with Crippen molar-refractivity contribution in [1.29, 1.82) is 0 Å². The molecule has 0 radical (unpaired) electrons. The van der Waals surface area contributed by atoms with E-state index >= 15 is 0 Å². The van der Waals surface area contributed by atoms with Crippen LogP contribution >= 0.6 is 0 Å². The monoisotopic (exact) mass is 337 g/mol. The second-order valence-corrected chi connectivity index (χ2v) is 5.42. The second-order valence-electron chi connectivity index (χ2n) is 5.42. The number of hydrogen-bond acceptors (Lipinski definition) is 6. The highest BCUT2D eigenvalue weighted by molar-refractivity contribution is 6.09. The molecule has 0 saturated carbocycles. The summed E-state index contributed by atoms with van der Waals surface area (Å²) in [5, 5.41) is 20.9. The largest absolute Gasteiger partial charge is 0.370 e. The SMILES string of the molecule is CC(Nc1ccc(C(=O)c2ccccc2)cc1[N+](=O)[O-])c1ncn[nH]1. The van der Waals surface area contributed by atoms with E-state index in [4.69, 9.17) is 0 Å². The molecule has 8 heteroatoms. The van der Waals surface area contributed by atoms with E-state index in [9.17, 15) is 14.9 Å². The summed E-state index contributed by atoms with van der Waals surface area (Å²) in [4.78, 5) is 27.4. The average Bonchev–Trinajstić information content (AvgIpc) is 3.17. The van der Waals surface area contributed by atoms with Crippen molar-refractivity contribution in [3.8, 4) is 0 Å². The van der Waals surface area contributed by atoms with Gasteiger partial charge in [0.15, 0.2) is 5.78 Å². The molecule has 0 bridgehead atoms. The van der Waals surface area contributed by atoms with E-state index in [-0.39, 0.29) is 23.1 Å². The Morgan fingerprint density at radius 1 is 1.20 bits per heavy atom. The Kier molecular flexibility index (Phi) is 4.51. The lowest BCUT2D eigenvalue weighted by Gasteiger charge is -2.13. The van der Waals surface area contributed by atoms with Crippen LogP contribution in [0.15, 0.2) is 54.9 Å². The molecule has 1 heterocycles. The number of anilines is 1. The number of aromatic nitrogens is 3. The van der Waals surface area contributed by atoms with Gasteiger partial charge in [0.25, 0.3) is 5.69 Å². The van der Waals surface area contributed by atoms with Gasteiger partial charge in [-0.05, 0) is 19.1 Å². The maximum atomic E-state index is 12.5. The number of nitrogens with one attached hydrogen (secondary N) is 2. The number of ketones is 1. The number of nitro groups is 1. The minimum Gasteiger partial charge on any atom is -0.370 e. The first-order valence-electron chi connectivity index (χ1n) is 7.56. The first-order valence-corrected chi connectivity index (χ1v) is 7.56. The number of nitro benzene ring substituents is 1. The maximum absolute atomic E-state index is 12.5. The fourth-order valence-corrected chi connectivity index (χ4v) is 2.43. The predicted octanol–water partition coefficient (Wildman–Crippen LogP) is 3.12. The van der Waals surface area contributed by atoms with Crippen LogP contribution in [0, 0.1) is 10.1 Å². The third-order valence-corrected chi connectivity index (χ3v) is 3.71. The van der Waals surface area contributed by atoms with Gasteiger partial charge in [0, 0.05) is 17.2 Å². The topological polar surface area (TPSA) is 114 Å². The van der Waals surface area contributed by atoms with Crippen LogP contribution < -0.4 is 5.32 Å². The minimum absolute atomic E-state index is 0.173. The van der Waals surface area contributed by atoms with Crippen molar-refractivity contribution < 1.29 is 9.72 Å². The van der Waals surface area contributed by atoms with Gasteiger partial charge in [-0.15, -0.1) is 0 Å². The van der Waals surface area contributed by atoms with Crippen molar-refractivity contribution in [3.05, 3.63) is 81.9 Å². The van der Waals surface area contributed by atoms with Crippen LogP contribution in [0.2, 0.25) is 0 Å². The molecule has 0 aliphatic heterocycles. The molecule has 1 unspecified atom stereocenters. The highest BCUT2D eigenvalue weighted by Crippen LogP contribution is 2.29. The number of nitrogens with zero attached hydrogens (tertiary/aromatic N) is 3. The molecule has 0 aliphatic rings. The van der Waals surface area contributed by atoms with Gasteiger partial charge in [-0.1, -0.05) is 30.3 Å². The summed E-state index contributed by atoms with van der Waals surface area (Å²) in [5.74, 6) is 0.289. The Balaban J connectivity index is 1.91. The fraction of sp³-hybridized carbons (Fsp3) is 0.118.